The lowest BCUT2D eigenvalue weighted by molar-refractivity contribution is -0.0479. The molecule has 1 amide bonds. The van der Waals surface area contributed by atoms with E-state index in [1.165, 1.54) is 6.33 Å². The van der Waals surface area contributed by atoms with Crippen molar-refractivity contribution in [2.24, 2.45) is 0 Å². The molecule has 0 radical (unpaired) electrons. The number of imidazole rings is 1. The Labute approximate surface area is 150 Å². The van der Waals surface area contributed by atoms with Gasteiger partial charge in [0, 0.05) is 12.1 Å². The first-order valence-corrected chi connectivity index (χ1v) is 8.47. The number of carbonyl (C=O) groups excluding carboxylic acids is 1. The molecule has 3 aromatic rings. The number of rotatable bonds is 2. The predicted molar refractivity (Wildman–Crippen MR) is 96.4 cm³/mol. The number of carbonyl (C=O) groups is 1. The molecule has 8 nitrogen and oxygen atoms in total. The van der Waals surface area contributed by atoms with Crippen LogP contribution in [-0.4, -0.2) is 54.1 Å². The fourth-order valence-electron chi connectivity index (χ4n) is 3.63. The van der Waals surface area contributed by atoms with E-state index >= 15 is 0 Å². The molecule has 2 atom stereocenters. The van der Waals surface area contributed by atoms with Crippen LogP contribution < -0.4 is 5.73 Å². The summed E-state index contributed by atoms with van der Waals surface area (Å²) in [6.07, 6.45) is 3.60. The second kappa shape index (κ2) is 6.06. The number of aliphatic hydroxyl groups is 1. The average molecular weight is 352 g/mol. The lowest BCUT2D eigenvalue weighted by atomic mass is 9.88. The highest BCUT2D eigenvalue weighted by atomic mass is 16.3. The Morgan fingerprint density at radius 1 is 1.27 bits per heavy atom. The highest BCUT2D eigenvalue weighted by Crippen LogP contribution is 2.34. The van der Waals surface area contributed by atoms with Crippen molar-refractivity contribution in [3.63, 3.8) is 0 Å². The van der Waals surface area contributed by atoms with Gasteiger partial charge < -0.3 is 20.3 Å². The smallest absolute Gasteiger partial charge is 0.253 e. The Bertz CT molecular complexity index is 953. The van der Waals surface area contributed by atoms with E-state index < -0.39 is 5.60 Å². The lowest BCUT2D eigenvalue weighted by Crippen LogP contribution is -2.54. The molecule has 0 spiro atoms. The van der Waals surface area contributed by atoms with Gasteiger partial charge in [-0.25, -0.2) is 15.0 Å². The van der Waals surface area contributed by atoms with E-state index in [2.05, 4.69) is 15.0 Å². The van der Waals surface area contributed by atoms with Crippen molar-refractivity contribution in [2.45, 2.75) is 25.0 Å². The van der Waals surface area contributed by atoms with E-state index in [4.69, 9.17) is 5.73 Å². The van der Waals surface area contributed by atoms with Gasteiger partial charge in [-0.15, -0.1) is 0 Å². The third kappa shape index (κ3) is 2.68. The molecule has 3 heterocycles. The standard InChI is InChI=1S/C18H20N6O2/c1-18(26)9-23(17(25)12-5-3-2-4-6-12)8-7-13(18)24-11-22-14-15(19)20-10-21-16(14)24/h2-6,10-11,13,26H,7-9H2,1H3,(H2,19,20,21)/t13-,18-/m1/s1. The third-order valence-corrected chi connectivity index (χ3v) is 4.93. The van der Waals surface area contributed by atoms with Gasteiger partial charge in [-0.3, -0.25) is 4.79 Å². The number of nitrogens with zero attached hydrogens (tertiary/aromatic N) is 5. The number of hydrogen-bond donors (Lipinski definition) is 2. The summed E-state index contributed by atoms with van der Waals surface area (Å²) in [6.45, 7) is 2.50. The van der Waals surface area contributed by atoms with Crippen molar-refractivity contribution in [1.82, 2.24) is 24.4 Å². The third-order valence-electron chi connectivity index (χ3n) is 4.93. The minimum absolute atomic E-state index is 0.0774. The van der Waals surface area contributed by atoms with E-state index in [0.717, 1.165) is 0 Å². The minimum Gasteiger partial charge on any atom is -0.386 e. The van der Waals surface area contributed by atoms with E-state index in [-0.39, 0.29) is 18.5 Å². The van der Waals surface area contributed by atoms with E-state index in [1.54, 1.807) is 30.3 Å². The topological polar surface area (TPSA) is 110 Å². The number of piperidine rings is 1. The Morgan fingerprint density at radius 2 is 2.04 bits per heavy atom. The van der Waals surface area contributed by atoms with Gasteiger partial charge >= 0.3 is 0 Å². The van der Waals surface area contributed by atoms with Gasteiger partial charge in [0.05, 0.1) is 18.9 Å². The monoisotopic (exact) mass is 352 g/mol. The number of aromatic nitrogens is 4. The van der Waals surface area contributed by atoms with Crippen molar-refractivity contribution in [2.75, 3.05) is 18.8 Å². The fourth-order valence-corrected chi connectivity index (χ4v) is 3.63. The molecule has 0 aliphatic carbocycles. The van der Waals surface area contributed by atoms with Gasteiger partial charge in [0.1, 0.15) is 17.4 Å². The number of likely N-dealkylation sites (tertiary alicyclic amines) is 1. The van der Waals surface area contributed by atoms with Gasteiger partial charge in [0.25, 0.3) is 5.91 Å². The van der Waals surface area contributed by atoms with Crippen LogP contribution in [0, 0.1) is 0 Å². The van der Waals surface area contributed by atoms with Crippen molar-refractivity contribution >= 4 is 22.9 Å². The maximum Gasteiger partial charge on any atom is 0.253 e. The summed E-state index contributed by atoms with van der Waals surface area (Å²) in [6, 6.07) is 8.84. The van der Waals surface area contributed by atoms with Crippen LogP contribution in [0.4, 0.5) is 5.82 Å². The summed E-state index contributed by atoms with van der Waals surface area (Å²) < 4.78 is 1.83. The molecule has 1 fully saturated rings. The number of amides is 1. The first-order valence-electron chi connectivity index (χ1n) is 8.47. The first kappa shape index (κ1) is 16.5. The molecule has 0 unspecified atom stereocenters. The molecule has 8 heteroatoms. The number of anilines is 1. The molecule has 0 saturated carbocycles. The van der Waals surface area contributed by atoms with Crippen LogP contribution in [-0.2, 0) is 0 Å². The average Bonchev–Trinajstić information content (AvgIpc) is 3.06. The number of β-amino-alcohol motifs (C(OH)–C–C–N with tert-alkyl or cyclic N) is 1. The molecule has 1 saturated heterocycles. The molecule has 26 heavy (non-hydrogen) atoms. The largest absolute Gasteiger partial charge is 0.386 e. The van der Waals surface area contributed by atoms with Gasteiger partial charge in [0.15, 0.2) is 11.5 Å². The summed E-state index contributed by atoms with van der Waals surface area (Å²) in [7, 11) is 0. The molecular formula is C18H20N6O2. The predicted octanol–water partition coefficient (Wildman–Crippen LogP) is 1.25. The van der Waals surface area contributed by atoms with Crippen LogP contribution in [0.3, 0.4) is 0 Å². The Kier molecular flexibility index (Phi) is 3.84. The Morgan fingerprint density at radius 3 is 2.77 bits per heavy atom. The van der Waals surface area contributed by atoms with Crippen molar-refractivity contribution < 1.29 is 9.90 Å². The summed E-state index contributed by atoms with van der Waals surface area (Å²) >= 11 is 0. The molecular weight excluding hydrogens is 332 g/mol. The number of nitrogen functional groups attached to an aromatic ring is 1. The zero-order valence-electron chi connectivity index (χ0n) is 14.4. The SMILES string of the molecule is C[C@@]1(O)CN(C(=O)c2ccccc2)CC[C@H]1n1cnc2c(N)ncnc21. The van der Waals surface area contributed by atoms with Crippen molar-refractivity contribution in [3.05, 3.63) is 48.5 Å². The van der Waals surface area contributed by atoms with Gasteiger partial charge in [0.2, 0.25) is 0 Å². The van der Waals surface area contributed by atoms with Crippen LogP contribution in [0.2, 0.25) is 0 Å². The summed E-state index contributed by atoms with van der Waals surface area (Å²) in [5.41, 5.74) is 6.45. The highest BCUT2D eigenvalue weighted by molar-refractivity contribution is 5.94. The zero-order chi connectivity index (χ0) is 18.3. The maximum absolute atomic E-state index is 12.7. The molecule has 0 bridgehead atoms. The van der Waals surface area contributed by atoms with E-state index in [1.807, 2.05) is 22.8 Å². The Hall–Kier alpha value is -3.00. The molecule has 3 N–H and O–H groups in total. The number of benzene rings is 1. The van der Waals surface area contributed by atoms with Crippen LogP contribution >= 0.6 is 0 Å². The minimum atomic E-state index is -1.13. The first-order chi connectivity index (χ1) is 12.5. The normalized spacial score (nSPS) is 23.3. The quantitative estimate of drug-likeness (QED) is 0.718. The summed E-state index contributed by atoms with van der Waals surface area (Å²) in [5, 5.41) is 11.1. The van der Waals surface area contributed by atoms with Crippen LogP contribution in [0.1, 0.15) is 29.7 Å². The second-order valence-electron chi connectivity index (χ2n) is 6.84. The van der Waals surface area contributed by atoms with Crippen LogP contribution in [0.5, 0.6) is 0 Å². The molecule has 2 aromatic heterocycles. The number of nitrogens with two attached hydrogens (primary N) is 1. The van der Waals surface area contributed by atoms with E-state index in [0.29, 0.717) is 35.5 Å². The Balaban J connectivity index is 1.61. The molecule has 4 rings (SSSR count). The summed E-state index contributed by atoms with van der Waals surface area (Å²) in [4.78, 5) is 26.9. The molecule has 1 aromatic carbocycles. The molecule has 134 valence electrons. The van der Waals surface area contributed by atoms with Crippen LogP contribution in [0.15, 0.2) is 43.0 Å². The van der Waals surface area contributed by atoms with E-state index in [9.17, 15) is 9.90 Å². The maximum atomic E-state index is 12.7. The fraction of sp³-hybridized carbons (Fsp3) is 0.333. The van der Waals surface area contributed by atoms with Gasteiger partial charge in [-0.05, 0) is 25.5 Å². The lowest BCUT2D eigenvalue weighted by Gasteiger charge is -2.43. The van der Waals surface area contributed by atoms with Crippen LogP contribution in [0.25, 0.3) is 11.2 Å². The molecule has 1 aliphatic rings. The number of hydrogen-bond acceptors (Lipinski definition) is 6. The number of fused-ring (bicyclic) bond motifs is 1. The van der Waals surface area contributed by atoms with Gasteiger partial charge in [-0.1, -0.05) is 18.2 Å². The summed E-state index contributed by atoms with van der Waals surface area (Å²) in [5.74, 6) is 0.233. The highest BCUT2D eigenvalue weighted by Gasteiger charge is 2.41. The zero-order valence-corrected chi connectivity index (χ0v) is 14.4. The van der Waals surface area contributed by atoms with Crippen molar-refractivity contribution in [3.8, 4) is 0 Å². The van der Waals surface area contributed by atoms with Gasteiger partial charge in [-0.2, -0.15) is 0 Å². The van der Waals surface area contributed by atoms with Crippen molar-refractivity contribution in [1.29, 1.82) is 0 Å². The second-order valence-corrected chi connectivity index (χ2v) is 6.84. The molecule has 1 aliphatic heterocycles.